The summed E-state index contributed by atoms with van der Waals surface area (Å²) in [6, 6.07) is 6.23. The summed E-state index contributed by atoms with van der Waals surface area (Å²) in [6.07, 6.45) is 0. The zero-order valence-electron chi connectivity index (χ0n) is 11.2. The molecule has 1 aromatic carbocycles. The first-order valence-electron chi connectivity index (χ1n) is 6.42. The maximum absolute atomic E-state index is 6.12. The number of anilines is 1. The molecule has 0 amide bonds. The summed E-state index contributed by atoms with van der Waals surface area (Å²) in [4.78, 5) is 2.38. The van der Waals surface area contributed by atoms with E-state index in [-0.39, 0.29) is 0 Å². The fraction of sp³-hybridized carbons (Fsp3) is 0.571. The van der Waals surface area contributed by atoms with Crippen LogP contribution in [0.5, 0.6) is 5.75 Å². The van der Waals surface area contributed by atoms with Gasteiger partial charge in [0.05, 0.1) is 12.8 Å². The second-order valence-electron chi connectivity index (χ2n) is 5.08. The van der Waals surface area contributed by atoms with Crippen molar-refractivity contribution in [2.45, 2.75) is 19.9 Å². The Balaban J connectivity index is 2.35. The number of hydrogen-bond donors (Lipinski definition) is 1. The average molecular weight is 269 g/mol. The van der Waals surface area contributed by atoms with Crippen molar-refractivity contribution in [1.82, 2.24) is 5.32 Å². The number of nitrogens with one attached hydrogen (secondary N) is 1. The van der Waals surface area contributed by atoms with Gasteiger partial charge in [-0.05, 0) is 37.6 Å². The Morgan fingerprint density at radius 1 is 1.33 bits per heavy atom. The third kappa shape index (κ3) is 2.90. The molecule has 0 radical (unpaired) electrons. The molecule has 2 unspecified atom stereocenters. The standard InChI is InChI=1S/C14H21ClN2O/c1-10-7-16-8-11(2)17(9-10)13-6-12(15)4-5-14(13)18-3/h4-6,10-11,16H,7-9H2,1-3H3. The molecular formula is C14H21ClN2O. The van der Waals surface area contributed by atoms with Gasteiger partial charge < -0.3 is 15.0 Å². The van der Waals surface area contributed by atoms with Gasteiger partial charge in [-0.15, -0.1) is 0 Å². The molecule has 1 heterocycles. The molecule has 100 valence electrons. The molecule has 2 atom stereocenters. The second-order valence-corrected chi connectivity index (χ2v) is 5.52. The van der Waals surface area contributed by atoms with Crippen molar-refractivity contribution >= 4 is 17.3 Å². The van der Waals surface area contributed by atoms with E-state index in [1.54, 1.807) is 7.11 Å². The lowest BCUT2D eigenvalue weighted by molar-refractivity contribution is 0.412. The quantitative estimate of drug-likeness (QED) is 0.893. The first-order valence-corrected chi connectivity index (χ1v) is 6.80. The number of halogens is 1. The highest BCUT2D eigenvalue weighted by molar-refractivity contribution is 6.30. The fourth-order valence-corrected chi connectivity index (χ4v) is 2.62. The summed E-state index contributed by atoms with van der Waals surface area (Å²) in [5, 5.41) is 4.24. The predicted octanol–water partition coefficient (Wildman–Crippen LogP) is 2.78. The third-order valence-corrected chi connectivity index (χ3v) is 3.66. The summed E-state index contributed by atoms with van der Waals surface area (Å²) in [6.45, 7) is 7.55. The molecule has 4 heteroatoms. The lowest BCUT2D eigenvalue weighted by Crippen LogP contribution is -2.38. The van der Waals surface area contributed by atoms with Gasteiger partial charge in [0.15, 0.2) is 0 Å². The average Bonchev–Trinajstić information content (AvgIpc) is 2.51. The molecule has 0 spiro atoms. The van der Waals surface area contributed by atoms with Crippen LogP contribution in [-0.2, 0) is 0 Å². The van der Waals surface area contributed by atoms with Crippen LogP contribution in [0.15, 0.2) is 18.2 Å². The summed E-state index contributed by atoms with van der Waals surface area (Å²) in [7, 11) is 1.71. The van der Waals surface area contributed by atoms with Crippen molar-refractivity contribution in [3.63, 3.8) is 0 Å². The van der Waals surface area contributed by atoms with E-state index < -0.39 is 0 Å². The molecule has 18 heavy (non-hydrogen) atoms. The van der Waals surface area contributed by atoms with Crippen molar-refractivity contribution < 1.29 is 4.74 Å². The van der Waals surface area contributed by atoms with Gasteiger partial charge in [0.2, 0.25) is 0 Å². The van der Waals surface area contributed by atoms with Crippen LogP contribution in [0, 0.1) is 5.92 Å². The Bertz CT molecular complexity index is 411. The fourth-order valence-electron chi connectivity index (χ4n) is 2.45. The zero-order valence-corrected chi connectivity index (χ0v) is 12.0. The minimum absolute atomic E-state index is 0.433. The summed E-state index contributed by atoms with van der Waals surface area (Å²) < 4.78 is 5.46. The summed E-state index contributed by atoms with van der Waals surface area (Å²) >= 11 is 6.12. The molecule has 1 aliphatic rings. The van der Waals surface area contributed by atoms with Gasteiger partial charge in [-0.1, -0.05) is 18.5 Å². The van der Waals surface area contributed by atoms with Gasteiger partial charge in [0, 0.05) is 24.2 Å². The Morgan fingerprint density at radius 2 is 2.11 bits per heavy atom. The lowest BCUT2D eigenvalue weighted by Gasteiger charge is -2.31. The first kappa shape index (κ1) is 13.5. The van der Waals surface area contributed by atoms with Crippen LogP contribution in [0.3, 0.4) is 0 Å². The lowest BCUT2D eigenvalue weighted by atomic mass is 10.1. The molecule has 0 aromatic heterocycles. The molecule has 0 bridgehead atoms. The molecule has 3 nitrogen and oxygen atoms in total. The molecule has 1 N–H and O–H groups in total. The van der Waals surface area contributed by atoms with Crippen molar-refractivity contribution in [1.29, 1.82) is 0 Å². The van der Waals surface area contributed by atoms with Gasteiger partial charge >= 0.3 is 0 Å². The number of methoxy groups -OCH3 is 1. The Morgan fingerprint density at radius 3 is 2.83 bits per heavy atom. The third-order valence-electron chi connectivity index (χ3n) is 3.42. The Labute approximate surface area is 114 Å². The normalized spacial score (nSPS) is 24.8. The molecular weight excluding hydrogens is 248 g/mol. The van der Waals surface area contributed by atoms with Crippen LogP contribution in [-0.4, -0.2) is 32.8 Å². The van der Waals surface area contributed by atoms with Crippen LogP contribution in [0.1, 0.15) is 13.8 Å². The van der Waals surface area contributed by atoms with Gasteiger partial charge in [-0.2, -0.15) is 0 Å². The summed E-state index contributed by atoms with van der Waals surface area (Å²) in [5.41, 5.74) is 1.09. The minimum Gasteiger partial charge on any atom is -0.495 e. The van der Waals surface area contributed by atoms with E-state index in [1.165, 1.54) is 0 Å². The molecule has 0 saturated carbocycles. The zero-order chi connectivity index (χ0) is 13.1. The maximum Gasteiger partial charge on any atom is 0.142 e. The highest BCUT2D eigenvalue weighted by Crippen LogP contribution is 2.33. The number of ether oxygens (including phenoxy) is 1. The Kier molecular flexibility index (Phi) is 4.36. The van der Waals surface area contributed by atoms with E-state index in [2.05, 4.69) is 24.1 Å². The van der Waals surface area contributed by atoms with E-state index in [1.807, 2.05) is 18.2 Å². The van der Waals surface area contributed by atoms with E-state index in [9.17, 15) is 0 Å². The number of rotatable bonds is 2. The highest BCUT2D eigenvalue weighted by Gasteiger charge is 2.23. The number of benzene rings is 1. The highest BCUT2D eigenvalue weighted by atomic mass is 35.5. The smallest absolute Gasteiger partial charge is 0.142 e. The number of hydrogen-bond acceptors (Lipinski definition) is 3. The van der Waals surface area contributed by atoms with Crippen LogP contribution in [0.4, 0.5) is 5.69 Å². The molecule has 1 saturated heterocycles. The van der Waals surface area contributed by atoms with Crippen LogP contribution >= 0.6 is 11.6 Å². The van der Waals surface area contributed by atoms with Crippen LogP contribution in [0.25, 0.3) is 0 Å². The molecule has 2 rings (SSSR count). The maximum atomic E-state index is 6.12. The predicted molar refractivity (Wildman–Crippen MR) is 76.8 cm³/mol. The van der Waals surface area contributed by atoms with Gasteiger partial charge in [-0.3, -0.25) is 0 Å². The van der Waals surface area contributed by atoms with Crippen molar-refractivity contribution in [3.05, 3.63) is 23.2 Å². The van der Waals surface area contributed by atoms with Gasteiger partial charge in [-0.25, -0.2) is 0 Å². The molecule has 1 aromatic rings. The minimum atomic E-state index is 0.433. The monoisotopic (exact) mass is 268 g/mol. The molecule has 1 fully saturated rings. The van der Waals surface area contributed by atoms with E-state index >= 15 is 0 Å². The largest absolute Gasteiger partial charge is 0.495 e. The first-order chi connectivity index (χ1) is 8.61. The van der Waals surface area contributed by atoms with E-state index in [0.29, 0.717) is 12.0 Å². The van der Waals surface area contributed by atoms with E-state index in [4.69, 9.17) is 16.3 Å². The molecule has 1 aliphatic heterocycles. The molecule has 0 aliphatic carbocycles. The van der Waals surface area contributed by atoms with Crippen LogP contribution in [0.2, 0.25) is 5.02 Å². The SMILES string of the molecule is COc1ccc(Cl)cc1N1CC(C)CNCC1C. The second kappa shape index (κ2) is 5.81. The van der Waals surface area contributed by atoms with Crippen LogP contribution < -0.4 is 15.0 Å². The van der Waals surface area contributed by atoms with E-state index in [0.717, 1.165) is 36.1 Å². The van der Waals surface area contributed by atoms with Crippen molar-refractivity contribution in [3.8, 4) is 5.75 Å². The van der Waals surface area contributed by atoms with Crippen molar-refractivity contribution in [2.75, 3.05) is 31.6 Å². The van der Waals surface area contributed by atoms with Gasteiger partial charge in [0.25, 0.3) is 0 Å². The topological polar surface area (TPSA) is 24.5 Å². The number of nitrogens with zero attached hydrogens (tertiary/aromatic N) is 1. The van der Waals surface area contributed by atoms with Gasteiger partial charge in [0.1, 0.15) is 5.75 Å². The summed E-state index contributed by atoms with van der Waals surface area (Å²) in [5.74, 6) is 1.50. The van der Waals surface area contributed by atoms with Crippen molar-refractivity contribution in [2.24, 2.45) is 5.92 Å². The Hall–Kier alpha value is -0.930.